The van der Waals surface area contributed by atoms with Gasteiger partial charge in [-0.3, -0.25) is 9.59 Å². The van der Waals surface area contributed by atoms with Gasteiger partial charge in [-0.2, -0.15) is 4.31 Å². The summed E-state index contributed by atoms with van der Waals surface area (Å²) in [6.07, 6.45) is 9.39. The summed E-state index contributed by atoms with van der Waals surface area (Å²) >= 11 is 0. The Morgan fingerprint density at radius 3 is 2.45 bits per heavy atom. The molecule has 47 heavy (non-hydrogen) atoms. The van der Waals surface area contributed by atoms with Crippen LogP contribution in [0.3, 0.4) is 0 Å². The number of urea groups is 1. The monoisotopic (exact) mass is 675 g/mol. The molecule has 1 saturated carbocycles. The third kappa shape index (κ3) is 8.84. The number of hydrogen-bond donors (Lipinski definition) is 4. The lowest BCUT2D eigenvalue weighted by atomic mass is 9.86. The van der Waals surface area contributed by atoms with Crippen LogP contribution in [0.25, 0.3) is 0 Å². The van der Waals surface area contributed by atoms with E-state index in [1.54, 1.807) is 12.1 Å². The maximum atomic E-state index is 13.3. The van der Waals surface area contributed by atoms with E-state index in [9.17, 15) is 32.7 Å². The van der Waals surface area contributed by atoms with Gasteiger partial charge in [-0.1, -0.05) is 84.4 Å². The van der Waals surface area contributed by atoms with E-state index in [2.05, 4.69) is 22.9 Å². The van der Waals surface area contributed by atoms with Crippen molar-refractivity contribution in [1.82, 2.24) is 25.2 Å². The van der Waals surface area contributed by atoms with Crippen molar-refractivity contribution in [2.24, 2.45) is 11.3 Å². The second-order valence-electron chi connectivity index (χ2n) is 14.4. The second kappa shape index (κ2) is 15.4. The molecule has 13 heteroatoms. The molecule has 12 nitrogen and oxygen atoms in total. The average Bonchev–Trinajstić information content (AvgIpc) is 3.47. The summed E-state index contributed by atoms with van der Waals surface area (Å²) in [7, 11) is -3.73. The topological polar surface area (TPSA) is 165 Å². The minimum atomic E-state index is -3.73. The molecule has 2 unspecified atom stereocenters. The van der Waals surface area contributed by atoms with Crippen LogP contribution in [-0.2, 0) is 30.8 Å². The Labute approximate surface area is 279 Å². The molecule has 4 rings (SSSR count). The number of benzene rings is 1. The average molecular weight is 676 g/mol. The SMILES string of the molecule is CCCCCCCCC1C[C@]1(NC(=O)[C@@H]1CCCN1C(=O)CNC(=O)NC(CN1CCc2ccccc2S1(=O)=O)C(C)(C)C)C(=O)O. The van der Waals surface area contributed by atoms with Crippen LogP contribution in [0.5, 0.6) is 0 Å². The van der Waals surface area contributed by atoms with Gasteiger partial charge in [0.2, 0.25) is 21.8 Å². The molecule has 4 amide bonds. The standard InChI is InChI=1S/C34H53N5O7S/c1-5-6-7-8-9-10-15-25-21-34(25,31(42)43)37-30(41)26-16-13-19-39(26)29(40)22-35-32(44)36-28(33(2,3)4)23-38-20-18-24-14-11-12-17-27(24)47(38,45)46/h11-12,14,17,25-26,28H,5-10,13,15-16,18-23H2,1-4H3,(H,37,41)(H,42,43)(H2,35,36,44)/t25?,26-,28?,34+/m0/s1. The molecule has 2 aliphatic heterocycles. The highest BCUT2D eigenvalue weighted by molar-refractivity contribution is 7.89. The van der Waals surface area contributed by atoms with Crippen molar-refractivity contribution in [3.05, 3.63) is 29.8 Å². The minimum absolute atomic E-state index is 0.0705. The van der Waals surface area contributed by atoms with E-state index in [0.29, 0.717) is 38.8 Å². The zero-order valence-electron chi connectivity index (χ0n) is 28.3. The summed E-state index contributed by atoms with van der Waals surface area (Å²) < 4.78 is 28.0. The van der Waals surface area contributed by atoms with E-state index >= 15 is 0 Å². The number of carboxylic acid groups (broad SMARTS) is 1. The van der Waals surface area contributed by atoms with Gasteiger partial charge in [-0.15, -0.1) is 0 Å². The maximum Gasteiger partial charge on any atom is 0.329 e. The molecule has 0 bridgehead atoms. The Bertz CT molecular complexity index is 1410. The smallest absolute Gasteiger partial charge is 0.329 e. The highest BCUT2D eigenvalue weighted by atomic mass is 32.2. The molecule has 0 aromatic heterocycles. The lowest BCUT2D eigenvalue weighted by Gasteiger charge is -2.37. The molecule has 262 valence electrons. The highest BCUT2D eigenvalue weighted by Crippen LogP contribution is 2.47. The number of hydrogen-bond acceptors (Lipinski definition) is 6. The number of aliphatic carboxylic acids is 1. The number of fused-ring (bicyclic) bond motifs is 1. The number of rotatable bonds is 15. The summed E-state index contributed by atoms with van der Waals surface area (Å²) in [6.45, 7) is 8.23. The van der Waals surface area contributed by atoms with Crippen LogP contribution >= 0.6 is 0 Å². The van der Waals surface area contributed by atoms with Gasteiger partial charge in [0.1, 0.15) is 11.6 Å². The molecule has 4 atom stereocenters. The number of nitrogens with one attached hydrogen (secondary N) is 3. The van der Waals surface area contributed by atoms with Crippen LogP contribution in [-0.4, -0.2) is 90.3 Å². The number of sulfonamides is 1. The fraction of sp³-hybridized carbons (Fsp3) is 0.706. The fourth-order valence-electron chi connectivity index (χ4n) is 6.82. The molecule has 1 aromatic carbocycles. The van der Waals surface area contributed by atoms with Gasteiger partial charge in [0.05, 0.1) is 11.4 Å². The highest BCUT2D eigenvalue weighted by Gasteiger charge is 2.61. The molecule has 0 radical (unpaired) electrons. The minimum Gasteiger partial charge on any atom is -0.479 e. The van der Waals surface area contributed by atoms with Gasteiger partial charge in [-0.25, -0.2) is 18.0 Å². The molecule has 4 N–H and O–H groups in total. The van der Waals surface area contributed by atoms with Crippen molar-refractivity contribution >= 4 is 33.8 Å². The predicted molar refractivity (Wildman–Crippen MR) is 178 cm³/mol. The van der Waals surface area contributed by atoms with Crippen LogP contribution < -0.4 is 16.0 Å². The number of nitrogens with zero attached hydrogens (tertiary/aromatic N) is 2. The molecule has 0 spiro atoms. The van der Waals surface area contributed by atoms with Gasteiger partial charge < -0.3 is 26.0 Å². The summed E-state index contributed by atoms with van der Waals surface area (Å²) in [5.74, 6) is -2.06. The van der Waals surface area contributed by atoms with Crippen molar-refractivity contribution in [3.63, 3.8) is 0 Å². The first kappa shape index (κ1) is 36.6. The van der Waals surface area contributed by atoms with Crippen molar-refractivity contribution < 1.29 is 32.7 Å². The maximum absolute atomic E-state index is 13.3. The van der Waals surface area contributed by atoms with Gasteiger partial charge in [-0.05, 0) is 55.1 Å². The van der Waals surface area contributed by atoms with Crippen molar-refractivity contribution in [1.29, 1.82) is 0 Å². The van der Waals surface area contributed by atoms with Gasteiger partial charge in [0.15, 0.2) is 0 Å². The summed E-state index contributed by atoms with van der Waals surface area (Å²) in [5.41, 5.74) is -0.999. The molecule has 2 fully saturated rings. The second-order valence-corrected chi connectivity index (χ2v) is 16.3. The van der Waals surface area contributed by atoms with E-state index < -0.39 is 56.9 Å². The number of carbonyl (C=O) groups is 4. The Balaban J connectivity index is 1.28. The van der Waals surface area contributed by atoms with Crippen molar-refractivity contribution in [3.8, 4) is 0 Å². The summed E-state index contributed by atoms with van der Waals surface area (Å²) in [5, 5.41) is 18.2. The van der Waals surface area contributed by atoms with Gasteiger partial charge >= 0.3 is 12.0 Å². The van der Waals surface area contributed by atoms with Crippen LogP contribution in [0.15, 0.2) is 29.2 Å². The van der Waals surface area contributed by atoms with Crippen molar-refractivity contribution in [2.45, 2.75) is 121 Å². The van der Waals surface area contributed by atoms with Crippen molar-refractivity contribution in [2.75, 3.05) is 26.2 Å². The van der Waals surface area contributed by atoms with Gasteiger partial charge in [0, 0.05) is 25.7 Å². The first-order chi connectivity index (χ1) is 22.2. The van der Waals surface area contributed by atoms with E-state index in [1.165, 1.54) is 28.5 Å². The summed E-state index contributed by atoms with van der Waals surface area (Å²) in [4.78, 5) is 53.4. The number of unbranched alkanes of at least 4 members (excludes halogenated alkanes) is 5. The van der Waals surface area contributed by atoms with E-state index in [-0.39, 0.29) is 23.9 Å². The normalized spacial score (nSPS) is 24.2. The molecule has 1 aromatic rings. The Kier molecular flexibility index (Phi) is 12.0. The first-order valence-electron chi connectivity index (χ1n) is 17.2. The van der Waals surface area contributed by atoms with Crippen LogP contribution in [0.1, 0.15) is 97.5 Å². The summed E-state index contributed by atoms with van der Waals surface area (Å²) in [6, 6.07) is 4.95. The number of carbonyl (C=O) groups excluding carboxylic acids is 3. The molecule has 1 saturated heterocycles. The zero-order valence-corrected chi connectivity index (χ0v) is 29.2. The van der Waals surface area contributed by atoms with E-state index in [0.717, 1.165) is 31.2 Å². The van der Waals surface area contributed by atoms with Gasteiger partial charge in [0.25, 0.3) is 0 Å². The number of amides is 4. The molecule has 2 heterocycles. The van der Waals surface area contributed by atoms with Crippen LogP contribution in [0.2, 0.25) is 0 Å². The van der Waals surface area contributed by atoms with E-state index in [1.807, 2.05) is 32.9 Å². The quantitative estimate of drug-likeness (QED) is 0.206. The number of likely N-dealkylation sites (tertiary alicyclic amines) is 1. The largest absolute Gasteiger partial charge is 0.479 e. The van der Waals surface area contributed by atoms with Crippen LogP contribution in [0.4, 0.5) is 4.79 Å². The fourth-order valence-corrected chi connectivity index (χ4v) is 8.53. The lowest BCUT2D eigenvalue weighted by Crippen LogP contribution is -2.57. The Morgan fingerprint density at radius 2 is 1.74 bits per heavy atom. The molecular formula is C34H53N5O7S. The predicted octanol–water partition coefficient (Wildman–Crippen LogP) is 3.65. The van der Waals surface area contributed by atoms with E-state index in [4.69, 9.17) is 0 Å². The zero-order chi connectivity index (χ0) is 34.4. The molecular weight excluding hydrogens is 622 g/mol. The molecule has 1 aliphatic carbocycles. The third-order valence-corrected chi connectivity index (χ3v) is 11.9. The lowest BCUT2D eigenvalue weighted by molar-refractivity contribution is -0.145. The molecule has 3 aliphatic rings. The van der Waals surface area contributed by atoms with Crippen LogP contribution in [0, 0.1) is 11.3 Å². The first-order valence-corrected chi connectivity index (χ1v) is 18.6. The third-order valence-electron chi connectivity index (χ3n) is 9.97. The Morgan fingerprint density at radius 1 is 1.04 bits per heavy atom. The number of carboxylic acids is 1. The Hall–Kier alpha value is -3.19.